The maximum absolute atomic E-state index is 13.8. The molecule has 1 saturated heterocycles. The van der Waals surface area contributed by atoms with Crippen LogP contribution in [0.15, 0.2) is 49.1 Å². The molecule has 7 nitrogen and oxygen atoms in total. The third-order valence-corrected chi connectivity index (χ3v) is 4.76. The molecule has 0 N–H and O–H groups in total. The van der Waals surface area contributed by atoms with Gasteiger partial charge in [0.15, 0.2) is 17.4 Å². The van der Waals surface area contributed by atoms with Crippen LogP contribution < -0.4 is 9.64 Å². The van der Waals surface area contributed by atoms with E-state index in [0.29, 0.717) is 30.1 Å². The predicted molar refractivity (Wildman–Crippen MR) is 103 cm³/mol. The average Bonchev–Trinajstić information content (AvgIpc) is 3.11. The molecule has 0 unspecified atom stereocenters. The summed E-state index contributed by atoms with van der Waals surface area (Å²) in [5.41, 5.74) is 2.97. The first-order valence-electron chi connectivity index (χ1n) is 9.04. The van der Waals surface area contributed by atoms with Crippen molar-refractivity contribution in [2.24, 2.45) is 7.05 Å². The lowest BCUT2D eigenvalue weighted by molar-refractivity contribution is 0.159. The van der Waals surface area contributed by atoms with Crippen molar-refractivity contribution < 1.29 is 13.5 Å². The lowest BCUT2D eigenvalue weighted by Gasteiger charge is -2.40. The van der Waals surface area contributed by atoms with E-state index in [9.17, 15) is 8.78 Å². The molecule has 29 heavy (non-hydrogen) atoms. The van der Waals surface area contributed by atoms with Crippen LogP contribution in [0.5, 0.6) is 5.75 Å². The van der Waals surface area contributed by atoms with E-state index in [1.54, 1.807) is 29.3 Å². The van der Waals surface area contributed by atoms with Crippen LogP contribution >= 0.6 is 0 Å². The average molecular weight is 394 g/mol. The fourth-order valence-corrected chi connectivity index (χ4v) is 3.29. The minimum absolute atomic E-state index is 0.0409. The molecular weight excluding hydrogens is 378 g/mol. The smallest absolute Gasteiger partial charge is 0.167 e. The molecule has 1 fully saturated rings. The van der Waals surface area contributed by atoms with E-state index in [1.165, 1.54) is 12.1 Å². The van der Waals surface area contributed by atoms with E-state index >= 15 is 0 Å². The Labute approximate surface area is 164 Å². The number of hydrogen-bond donors (Lipinski definition) is 0. The molecule has 9 heteroatoms. The first-order valence-corrected chi connectivity index (χ1v) is 9.04. The SMILES string of the molecule is Cn1cc(-c2nc3cnccc3nc2N2CC(Oc3ccc(F)cc3F)C2)cn1. The van der Waals surface area contributed by atoms with Gasteiger partial charge in [0.2, 0.25) is 0 Å². The van der Waals surface area contributed by atoms with Gasteiger partial charge in [0, 0.05) is 31.1 Å². The van der Waals surface area contributed by atoms with Gasteiger partial charge in [-0.25, -0.2) is 18.7 Å². The zero-order chi connectivity index (χ0) is 20.0. The van der Waals surface area contributed by atoms with Crippen molar-refractivity contribution in [2.45, 2.75) is 6.10 Å². The van der Waals surface area contributed by atoms with Gasteiger partial charge in [-0.05, 0) is 18.2 Å². The van der Waals surface area contributed by atoms with Gasteiger partial charge in [-0.15, -0.1) is 0 Å². The van der Waals surface area contributed by atoms with Crippen LogP contribution in [0.25, 0.3) is 22.3 Å². The summed E-state index contributed by atoms with van der Waals surface area (Å²) in [7, 11) is 1.84. The van der Waals surface area contributed by atoms with Gasteiger partial charge in [-0.3, -0.25) is 9.67 Å². The van der Waals surface area contributed by atoms with Crippen molar-refractivity contribution in [3.05, 3.63) is 60.7 Å². The number of rotatable bonds is 4. The normalized spacial score (nSPS) is 14.2. The van der Waals surface area contributed by atoms with Crippen molar-refractivity contribution in [1.29, 1.82) is 0 Å². The summed E-state index contributed by atoms with van der Waals surface area (Å²) < 4.78 is 34.3. The Bertz CT molecular complexity index is 1200. The van der Waals surface area contributed by atoms with E-state index in [-0.39, 0.29) is 11.9 Å². The maximum atomic E-state index is 13.8. The Kier molecular flexibility index (Phi) is 4.08. The fraction of sp³-hybridized carbons (Fsp3) is 0.200. The number of hydrogen-bond acceptors (Lipinski definition) is 6. The van der Waals surface area contributed by atoms with E-state index in [4.69, 9.17) is 14.7 Å². The highest BCUT2D eigenvalue weighted by Gasteiger charge is 2.33. The molecule has 146 valence electrons. The van der Waals surface area contributed by atoms with E-state index in [1.807, 2.05) is 18.1 Å². The van der Waals surface area contributed by atoms with Gasteiger partial charge in [0.05, 0.1) is 31.0 Å². The number of anilines is 1. The van der Waals surface area contributed by atoms with Crippen LogP contribution in [0.3, 0.4) is 0 Å². The first kappa shape index (κ1) is 17.5. The summed E-state index contributed by atoms with van der Waals surface area (Å²) in [4.78, 5) is 15.6. The molecule has 1 aliphatic rings. The van der Waals surface area contributed by atoms with Crippen molar-refractivity contribution in [2.75, 3.05) is 18.0 Å². The minimum Gasteiger partial charge on any atom is -0.484 e. The van der Waals surface area contributed by atoms with Crippen LogP contribution in [0.4, 0.5) is 14.6 Å². The Morgan fingerprint density at radius 2 is 1.93 bits per heavy atom. The highest BCUT2D eigenvalue weighted by molar-refractivity contribution is 5.83. The van der Waals surface area contributed by atoms with Crippen LogP contribution in [0.1, 0.15) is 0 Å². The maximum Gasteiger partial charge on any atom is 0.167 e. The number of aromatic nitrogens is 5. The first-order chi connectivity index (χ1) is 14.1. The van der Waals surface area contributed by atoms with Crippen molar-refractivity contribution in [1.82, 2.24) is 24.7 Å². The van der Waals surface area contributed by atoms with Crippen molar-refractivity contribution >= 4 is 16.9 Å². The summed E-state index contributed by atoms with van der Waals surface area (Å²) in [5, 5.41) is 4.22. The van der Waals surface area contributed by atoms with E-state index in [2.05, 4.69) is 10.1 Å². The van der Waals surface area contributed by atoms with Crippen LogP contribution in [-0.2, 0) is 7.05 Å². The number of nitrogens with zero attached hydrogens (tertiary/aromatic N) is 6. The van der Waals surface area contributed by atoms with Crippen LogP contribution in [0, 0.1) is 11.6 Å². The van der Waals surface area contributed by atoms with E-state index < -0.39 is 11.6 Å². The minimum atomic E-state index is -0.711. The number of halogens is 2. The van der Waals surface area contributed by atoms with Crippen molar-refractivity contribution in [3.8, 4) is 17.0 Å². The number of fused-ring (bicyclic) bond motifs is 1. The number of benzene rings is 1. The molecule has 0 bridgehead atoms. The Balaban J connectivity index is 1.43. The number of aryl methyl sites for hydroxylation is 1. The summed E-state index contributed by atoms with van der Waals surface area (Å²) in [6.07, 6.45) is 6.72. The standard InChI is InChI=1S/C20H16F2N6O/c1-27-9-12(7-24-27)19-20(26-16-4-5-23-8-17(16)25-19)28-10-14(11-28)29-18-3-2-13(21)6-15(18)22/h2-9,14H,10-11H2,1H3. The highest BCUT2D eigenvalue weighted by atomic mass is 19.1. The van der Waals surface area contributed by atoms with Gasteiger partial charge < -0.3 is 9.64 Å². The molecule has 0 radical (unpaired) electrons. The summed E-state index contributed by atoms with van der Waals surface area (Å²) in [6, 6.07) is 5.10. The molecular formula is C20H16F2N6O. The molecule has 4 heterocycles. The Morgan fingerprint density at radius 1 is 1.07 bits per heavy atom. The molecule has 1 aliphatic heterocycles. The molecule has 0 amide bonds. The monoisotopic (exact) mass is 394 g/mol. The molecule has 3 aromatic heterocycles. The van der Waals surface area contributed by atoms with E-state index in [0.717, 1.165) is 17.1 Å². The third-order valence-electron chi connectivity index (χ3n) is 4.76. The third kappa shape index (κ3) is 3.24. The second-order valence-electron chi connectivity index (χ2n) is 6.88. The lowest BCUT2D eigenvalue weighted by atomic mass is 10.1. The molecule has 0 saturated carbocycles. The van der Waals surface area contributed by atoms with Gasteiger partial charge in [0.25, 0.3) is 0 Å². The highest BCUT2D eigenvalue weighted by Crippen LogP contribution is 2.33. The molecule has 5 rings (SSSR count). The second-order valence-corrected chi connectivity index (χ2v) is 6.88. The lowest BCUT2D eigenvalue weighted by Crippen LogP contribution is -2.54. The number of pyridine rings is 1. The topological polar surface area (TPSA) is 69.0 Å². The molecule has 4 aromatic rings. The van der Waals surface area contributed by atoms with Crippen LogP contribution in [0.2, 0.25) is 0 Å². The molecule has 1 aromatic carbocycles. The largest absolute Gasteiger partial charge is 0.484 e. The van der Waals surface area contributed by atoms with Gasteiger partial charge in [0.1, 0.15) is 23.1 Å². The Hall–Kier alpha value is -3.62. The molecule has 0 atom stereocenters. The molecule has 0 aliphatic carbocycles. The summed E-state index contributed by atoms with van der Waals surface area (Å²) in [6.45, 7) is 1.02. The van der Waals surface area contributed by atoms with Crippen molar-refractivity contribution in [3.63, 3.8) is 0 Å². The quantitative estimate of drug-likeness (QED) is 0.530. The zero-order valence-electron chi connectivity index (χ0n) is 15.5. The predicted octanol–water partition coefficient (Wildman–Crippen LogP) is 2.97. The van der Waals surface area contributed by atoms with Gasteiger partial charge in [-0.1, -0.05) is 0 Å². The summed E-state index contributed by atoms with van der Waals surface area (Å²) in [5.74, 6) is -0.597. The summed E-state index contributed by atoms with van der Waals surface area (Å²) >= 11 is 0. The van der Waals surface area contributed by atoms with Gasteiger partial charge >= 0.3 is 0 Å². The fourth-order valence-electron chi connectivity index (χ4n) is 3.29. The Morgan fingerprint density at radius 3 is 2.69 bits per heavy atom. The second kappa shape index (κ2) is 6.77. The zero-order valence-corrected chi connectivity index (χ0v) is 15.5. The number of ether oxygens (including phenoxy) is 1. The van der Waals surface area contributed by atoms with Crippen LogP contribution in [-0.4, -0.2) is 43.9 Å². The molecule has 0 spiro atoms. The van der Waals surface area contributed by atoms with Gasteiger partial charge in [-0.2, -0.15) is 5.10 Å².